The lowest BCUT2D eigenvalue weighted by molar-refractivity contribution is 0.102. The minimum absolute atomic E-state index is 0.151. The van der Waals surface area contributed by atoms with Crippen molar-refractivity contribution in [3.8, 4) is 28.5 Å². The molecule has 0 aliphatic carbocycles. The topological polar surface area (TPSA) is 69.7 Å². The molecule has 0 radical (unpaired) electrons. The van der Waals surface area contributed by atoms with Crippen LogP contribution >= 0.6 is 0 Å². The third-order valence-electron chi connectivity index (χ3n) is 5.02. The van der Waals surface area contributed by atoms with Gasteiger partial charge in [0.25, 0.3) is 5.91 Å². The molecule has 4 aromatic rings. The van der Waals surface area contributed by atoms with Crippen LogP contribution in [0.1, 0.15) is 10.4 Å². The highest BCUT2D eigenvalue weighted by Gasteiger charge is 2.17. The largest absolute Gasteiger partial charge is 0.496 e. The van der Waals surface area contributed by atoms with Crippen LogP contribution in [0.3, 0.4) is 0 Å². The number of rotatable bonds is 4. The van der Waals surface area contributed by atoms with E-state index in [0.29, 0.717) is 39.7 Å². The Balaban J connectivity index is 1.46. The SMILES string of the molecule is COc1cc(-c2ccc(F)cc2)nc2ccc(NC(=O)c3ccc4c(c3)OCO4)cc12. The van der Waals surface area contributed by atoms with Crippen LogP contribution in [0, 0.1) is 5.82 Å². The summed E-state index contributed by atoms with van der Waals surface area (Å²) in [4.78, 5) is 17.3. The van der Waals surface area contributed by atoms with Crippen LogP contribution in [-0.4, -0.2) is 24.8 Å². The zero-order chi connectivity index (χ0) is 21.4. The summed E-state index contributed by atoms with van der Waals surface area (Å²) < 4.78 is 29.4. The Morgan fingerprint density at radius 1 is 1.00 bits per heavy atom. The fourth-order valence-electron chi connectivity index (χ4n) is 3.45. The molecule has 6 nitrogen and oxygen atoms in total. The number of benzene rings is 3. The summed E-state index contributed by atoms with van der Waals surface area (Å²) in [6.07, 6.45) is 0. The van der Waals surface area contributed by atoms with Crippen LogP contribution < -0.4 is 19.5 Å². The molecule has 0 unspecified atom stereocenters. The van der Waals surface area contributed by atoms with Gasteiger partial charge in [-0.1, -0.05) is 0 Å². The molecule has 154 valence electrons. The van der Waals surface area contributed by atoms with Gasteiger partial charge in [0.2, 0.25) is 6.79 Å². The van der Waals surface area contributed by atoms with Crippen LogP contribution in [0.5, 0.6) is 17.2 Å². The Kier molecular flexibility index (Phi) is 4.63. The standard InChI is InChI=1S/C24H17FN2O4/c1-29-22-12-20(14-2-5-16(25)6-3-14)27-19-8-7-17(11-18(19)22)26-24(28)15-4-9-21-23(10-15)31-13-30-21/h2-12H,13H2,1H3,(H,26,28). The molecule has 7 heteroatoms. The fourth-order valence-corrected chi connectivity index (χ4v) is 3.45. The quantitative estimate of drug-likeness (QED) is 0.505. The summed E-state index contributed by atoms with van der Waals surface area (Å²) in [7, 11) is 1.57. The molecule has 2 heterocycles. The van der Waals surface area contributed by atoms with E-state index in [2.05, 4.69) is 10.3 Å². The molecule has 0 fully saturated rings. The van der Waals surface area contributed by atoms with Crippen LogP contribution in [-0.2, 0) is 0 Å². The van der Waals surface area contributed by atoms with Gasteiger partial charge in [0.1, 0.15) is 11.6 Å². The number of nitrogens with zero attached hydrogens (tertiary/aromatic N) is 1. The first-order valence-electron chi connectivity index (χ1n) is 9.56. The second kappa shape index (κ2) is 7.60. The zero-order valence-corrected chi connectivity index (χ0v) is 16.5. The van der Waals surface area contributed by atoms with Gasteiger partial charge in [-0.2, -0.15) is 0 Å². The number of anilines is 1. The van der Waals surface area contributed by atoms with E-state index in [1.807, 2.05) is 0 Å². The number of hydrogen-bond donors (Lipinski definition) is 1. The monoisotopic (exact) mass is 416 g/mol. The maximum atomic E-state index is 13.2. The highest BCUT2D eigenvalue weighted by atomic mass is 19.1. The van der Waals surface area contributed by atoms with Crippen molar-refractivity contribution in [2.45, 2.75) is 0 Å². The van der Waals surface area contributed by atoms with Crippen LogP contribution in [0.25, 0.3) is 22.2 Å². The number of hydrogen-bond acceptors (Lipinski definition) is 5. The summed E-state index contributed by atoms with van der Waals surface area (Å²) in [5.74, 6) is 1.19. The molecule has 1 aromatic heterocycles. The van der Waals surface area contributed by atoms with Gasteiger partial charge in [0.15, 0.2) is 11.5 Å². The molecule has 1 N–H and O–H groups in total. The average molecular weight is 416 g/mol. The lowest BCUT2D eigenvalue weighted by atomic mass is 10.1. The Hall–Kier alpha value is -4.13. The lowest BCUT2D eigenvalue weighted by Gasteiger charge is -2.11. The highest BCUT2D eigenvalue weighted by molar-refractivity contribution is 6.06. The van der Waals surface area contributed by atoms with Crippen molar-refractivity contribution in [2.75, 3.05) is 19.2 Å². The van der Waals surface area contributed by atoms with E-state index in [1.54, 1.807) is 61.7 Å². The van der Waals surface area contributed by atoms with Gasteiger partial charge >= 0.3 is 0 Å². The molecule has 0 atom stereocenters. The number of carbonyl (C=O) groups excluding carboxylic acids is 1. The van der Waals surface area contributed by atoms with E-state index in [1.165, 1.54) is 12.1 Å². The molecule has 1 aliphatic rings. The van der Waals surface area contributed by atoms with Gasteiger partial charge in [-0.15, -0.1) is 0 Å². The third kappa shape index (κ3) is 3.61. The van der Waals surface area contributed by atoms with E-state index in [0.717, 1.165) is 10.9 Å². The summed E-state index contributed by atoms with van der Waals surface area (Å²) in [6, 6.07) is 18.3. The van der Waals surface area contributed by atoms with E-state index >= 15 is 0 Å². The van der Waals surface area contributed by atoms with Gasteiger partial charge in [-0.25, -0.2) is 9.37 Å². The van der Waals surface area contributed by atoms with E-state index in [9.17, 15) is 9.18 Å². The van der Waals surface area contributed by atoms with Crippen molar-refractivity contribution in [3.05, 3.63) is 78.1 Å². The average Bonchev–Trinajstić information content (AvgIpc) is 3.27. The van der Waals surface area contributed by atoms with Crippen molar-refractivity contribution < 1.29 is 23.4 Å². The highest BCUT2D eigenvalue weighted by Crippen LogP contribution is 2.34. The van der Waals surface area contributed by atoms with Gasteiger partial charge in [-0.05, 0) is 60.7 Å². The molecule has 0 bridgehead atoms. The molecule has 0 saturated carbocycles. The van der Waals surface area contributed by atoms with Gasteiger partial charge < -0.3 is 19.5 Å². The van der Waals surface area contributed by atoms with Crippen molar-refractivity contribution in [1.82, 2.24) is 4.98 Å². The maximum absolute atomic E-state index is 13.2. The molecule has 5 rings (SSSR count). The smallest absolute Gasteiger partial charge is 0.255 e. The van der Waals surface area contributed by atoms with Crippen molar-refractivity contribution in [1.29, 1.82) is 0 Å². The lowest BCUT2D eigenvalue weighted by Crippen LogP contribution is -2.11. The number of fused-ring (bicyclic) bond motifs is 2. The summed E-state index contributed by atoms with van der Waals surface area (Å²) >= 11 is 0. The Labute approximate surface area is 177 Å². The van der Waals surface area contributed by atoms with E-state index in [-0.39, 0.29) is 18.5 Å². The fraction of sp³-hybridized carbons (Fsp3) is 0.0833. The number of nitrogens with one attached hydrogen (secondary N) is 1. The minimum Gasteiger partial charge on any atom is -0.496 e. The molecule has 31 heavy (non-hydrogen) atoms. The van der Waals surface area contributed by atoms with Crippen LogP contribution in [0.4, 0.5) is 10.1 Å². The molecular formula is C24H17FN2O4. The predicted octanol–water partition coefficient (Wildman–Crippen LogP) is 5.03. The van der Waals surface area contributed by atoms with Gasteiger partial charge in [-0.3, -0.25) is 4.79 Å². The van der Waals surface area contributed by atoms with Crippen LogP contribution in [0.15, 0.2) is 66.7 Å². The first kappa shape index (κ1) is 18.9. The molecule has 0 spiro atoms. The minimum atomic E-state index is -0.306. The van der Waals surface area contributed by atoms with Crippen molar-refractivity contribution >= 4 is 22.5 Å². The maximum Gasteiger partial charge on any atom is 0.255 e. The second-order valence-corrected chi connectivity index (χ2v) is 6.97. The normalized spacial score (nSPS) is 12.1. The zero-order valence-electron chi connectivity index (χ0n) is 16.5. The molecule has 3 aromatic carbocycles. The number of carbonyl (C=O) groups is 1. The molecule has 0 saturated heterocycles. The Morgan fingerprint density at radius 3 is 2.61 bits per heavy atom. The summed E-state index contributed by atoms with van der Waals surface area (Å²) in [5.41, 5.74) is 3.20. The first-order valence-corrected chi connectivity index (χ1v) is 9.56. The molecular weight excluding hydrogens is 399 g/mol. The van der Waals surface area contributed by atoms with Gasteiger partial charge in [0, 0.05) is 28.3 Å². The second-order valence-electron chi connectivity index (χ2n) is 6.97. The molecule has 1 aliphatic heterocycles. The Morgan fingerprint density at radius 2 is 1.81 bits per heavy atom. The van der Waals surface area contributed by atoms with E-state index < -0.39 is 0 Å². The predicted molar refractivity (Wildman–Crippen MR) is 114 cm³/mol. The number of ether oxygens (including phenoxy) is 3. The van der Waals surface area contributed by atoms with Crippen LogP contribution in [0.2, 0.25) is 0 Å². The van der Waals surface area contributed by atoms with Crippen molar-refractivity contribution in [2.24, 2.45) is 0 Å². The van der Waals surface area contributed by atoms with E-state index in [4.69, 9.17) is 14.2 Å². The number of aromatic nitrogens is 1. The number of methoxy groups -OCH3 is 1. The number of pyridine rings is 1. The summed E-state index contributed by atoms with van der Waals surface area (Å²) in [6.45, 7) is 0.151. The van der Waals surface area contributed by atoms with Crippen molar-refractivity contribution in [3.63, 3.8) is 0 Å². The number of amides is 1. The molecule has 1 amide bonds. The van der Waals surface area contributed by atoms with Gasteiger partial charge in [0.05, 0.1) is 18.3 Å². The third-order valence-corrected chi connectivity index (χ3v) is 5.02. The first-order chi connectivity index (χ1) is 15.1. The Bertz CT molecular complexity index is 1310. The summed E-state index contributed by atoms with van der Waals surface area (Å²) in [5, 5.41) is 3.63. The number of halogens is 1.